The van der Waals surface area contributed by atoms with Crippen LogP contribution in [-0.2, 0) is 10.9 Å². The first-order chi connectivity index (χ1) is 14.0. The summed E-state index contributed by atoms with van der Waals surface area (Å²) in [6, 6.07) is 11.5. The molecule has 0 radical (unpaired) electrons. The highest BCUT2D eigenvalue weighted by Crippen LogP contribution is 2.38. The Morgan fingerprint density at radius 3 is 2.40 bits per heavy atom. The number of hydrogen-bond donors (Lipinski definition) is 0. The fourth-order valence-corrected chi connectivity index (χ4v) is 3.03. The molecule has 2 aromatic rings. The third kappa shape index (κ3) is 4.85. The van der Waals surface area contributed by atoms with Crippen LogP contribution in [0.4, 0.5) is 18.0 Å². The lowest BCUT2D eigenvalue weighted by molar-refractivity contribution is -0.137. The van der Waals surface area contributed by atoms with Gasteiger partial charge in [-0.25, -0.2) is 4.79 Å². The quantitative estimate of drug-likeness (QED) is 0.684. The van der Waals surface area contributed by atoms with Crippen LogP contribution in [0, 0.1) is 11.3 Å². The molecule has 0 aromatic heterocycles. The molecule has 1 heterocycles. The Morgan fingerprint density at radius 2 is 1.80 bits per heavy atom. The van der Waals surface area contributed by atoms with Crippen molar-refractivity contribution in [1.82, 2.24) is 4.90 Å². The van der Waals surface area contributed by atoms with Crippen LogP contribution in [0.2, 0.25) is 0 Å². The first kappa shape index (κ1) is 21.5. The van der Waals surface area contributed by atoms with Crippen molar-refractivity contribution in [3.8, 4) is 22.9 Å². The zero-order chi connectivity index (χ0) is 22.1. The average Bonchev–Trinajstić information content (AvgIpc) is 2.62. The second-order valence-electron chi connectivity index (χ2n) is 7.99. The molecule has 3 rings (SSSR count). The number of benzene rings is 2. The highest BCUT2D eigenvalue weighted by Gasteiger charge is 2.36. The number of halogens is 3. The molecule has 0 atom stereocenters. The minimum atomic E-state index is -4.51. The summed E-state index contributed by atoms with van der Waals surface area (Å²) in [6.45, 7) is 5.83. The molecular weight excluding hydrogens is 397 g/mol. The molecule has 1 aliphatic rings. The van der Waals surface area contributed by atoms with Crippen LogP contribution in [0.25, 0.3) is 11.1 Å². The Balaban J connectivity index is 1.78. The highest BCUT2D eigenvalue weighted by molar-refractivity contribution is 5.71. The van der Waals surface area contributed by atoms with Crippen LogP contribution in [0.5, 0.6) is 5.75 Å². The van der Waals surface area contributed by atoms with Crippen LogP contribution in [-0.4, -0.2) is 35.8 Å². The van der Waals surface area contributed by atoms with Crippen LogP contribution in [0.15, 0.2) is 42.5 Å². The van der Waals surface area contributed by atoms with Crippen molar-refractivity contribution in [2.75, 3.05) is 13.1 Å². The summed E-state index contributed by atoms with van der Waals surface area (Å²) >= 11 is 0. The number of carbonyl (C=O) groups excluding carboxylic acids is 1. The van der Waals surface area contributed by atoms with Crippen molar-refractivity contribution < 1.29 is 27.4 Å². The van der Waals surface area contributed by atoms with E-state index in [9.17, 15) is 23.2 Å². The van der Waals surface area contributed by atoms with Gasteiger partial charge < -0.3 is 14.4 Å². The number of likely N-dealkylation sites (tertiary alicyclic amines) is 1. The Morgan fingerprint density at radius 1 is 1.13 bits per heavy atom. The number of ether oxygens (including phenoxy) is 2. The van der Waals surface area contributed by atoms with Gasteiger partial charge in [0.2, 0.25) is 0 Å². The van der Waals surface area contributed by atoms with Crippen molar-refractivity contribution in [2.45, 2.75) is 38.7 Å². The fraction of sp³-hybridized carbons (Fsp3) is 0.364. The van der Waals surface area contributed by atoms with Crippen molar-refractivity contribution >= 4 is 6.09 Å². The van der Waals surface area contributed by atoms with E-state index in [1.807, 2.05) is 6.07 Å². The Labute approximate surface area is 172 Å². The van der Waals surface area contributed by atoms with Crippen LogP contribution < -0.4 is 4.74 Å². The molecule has 1 aliphatic heterocycles. The van der Waals surface area contributed by atoms with E-state index in [0.29, 0.717) is 5.56 Å². The molecule has 0 aliphatic carbocycles. The average molecular weight is 418 g/mol. The van der Waals surface area contributed by atoms with Crippen molar-refractivity contribution in [1.29, 1.82) is 5.26 Å². The maximum absolute atomic E-state index is 13.4. The van der Waals surface area contributed by atoms with E-state index in [4.69, 9.17) is 9.47 Å². The Bertz CT molecular complexity index is 984. The van der Waals surface area contributed by atoms with Gasteiger partial charge in [0.15, 0.2) is 0 Å². The van der Waals surface area contributed by atoms with Gasteiger partial charge in [-0.2, -0.15) is 18.4 Å². The van der Waals surface area contributed by atoms with Gasteiger partial charge in [-0.1, -0.05) is 24.3 Å². The molecule has 0 spiro atoms. The van der Waals surface area contributed by atoms with Crippen LogP contribution >= 0.6 is 0 Å². The number of carbonyl (C=O) groups is 1. The number of alkyl halides is 3. The second-order valence-corrected chi connectivity index (χ2v) is 7.99. The number of nitriles is 1. The molecule has 158 valence electrons. The highest BCUT2D eigenvalue weighted by atomic mass is 19.4. The second kappa shape index (κ2) is 7.90. The third-order valence-corrected chi connectivity index (χ3v) is 4.44. The molecule has 1 fully saturated rings. The smallest absolute Gasteiger partial charge is 0.417 e. The summed E-state index contributed by atoms with van der Waals surface area (Å²) in [4.78, 5) is 13.5. The topological polar surface area (TPSA) is 62.6 Å². The fourth-order valence-electron chi connectivity index (χ4n) is 3.03. The number of hydrogen-bond acceptors (Lipinski definition) is 4. The van der Waals surface area contributed by atoms with Gasteiger partial charge in [0.25, 0.3) is 0 Å². The molecule has 0 N–H and O–H groups in total. The third-order valence-electron chi connectivity index (χ3n) is 4.44. The summed E-state index contributed by atoms with van der Waals surface area (Å²) in [5.74, 6) is 0.181. The number of nitrogens with zero attached hydrogens (tertiary/aromatic N) is 2. The van der Waals surface area contributed by atoms with Gasteiger partial charge >= 0.3 is 12.3 Å². The van der Waals surface area contributed by atoms with Gasteiger partial charge in [-0.15, -0.1) is 0 Å². The van der Waals surface area contributed by atoms with E-state index in [1.54, 1.807) is 20.8 Å². The van der Waals surface area contributed by atoms with Gasteiger partial charge in [-0.05, 0) is 50.1 Å². The van der Waals surface area contributed by atoms with Crippen molar-refractivity contribution in [2.24, 2.45) is 0 Å². The predicted octanol–water partition coefficient (Wildman–Crippen LogP) is 5.24. The van der Waals surface area contributed by atoms with Gasteiger partial charge in [-0.3, -0.25) is 0 Å². The lowest BCUT2D eigenvalue weighted by Crippen LogP contribution is -2.57. The van der Waals surface area contributed by atoms with E-state index >= 15 is 0 Å². The van der Waals surface area contributed by atoms with E-state index in [1.165, 1.54) is 41.3 Å². The summed E-state index contributed by atoms with van der Waals surface area (Å²) < 4.78 is 51.2. The lowest BCUT2D eigenvalue weighted by Gasteiger charge is -2.39. The molecule has 30 heavy (non-hydrogen) atoms. The minimum Gasteiger partial charge on any atom is -0.485 e. The van der Waals surface area contributed by atoms with Crippen LogP contribution in [0.1, 0.15) is 31.9 Å². The lowest BCUT2D eigenvalue weighted by atomic mass is 9.98. The van der Waals surface area contributed by atoms with Gasteiger partial charge in [0, 0.05) is 0 Å². The number of rotatable bonds is 3. The SMILES string of the molecule is CC(C)(C)OC(=O)N1CC(Oc2cc(-c3ccccc3C(F)(F)F)ccc2C#N)C1. The summed E-state index contributed by atoms with van der Waals surface area (Å²) in [5, 5.41) is 9.34. The number of amides is 1. The maximum atomic E-state index is 13.4. The molecule has 0 unspecified atom stereocenters. The molecular formula is C22H21F3N2O3. The molecule has 5 nitrogen and oxygen atoms in total. The molecule has 0 saturated carbocycles. The van der Waals surface area contributed by atoms with Crippen molar-refractivity contribution in [3.05, 3.63) is 53.6 Å². The van der Waals surface area contributed by atoms with Crippen LogP contribution in [0.3, 0.4) is 0 Å². The first-order valence-electron chi connectivity index (χ1n) is 9.33. The molecule has 8 heteroatoms. The van der Waals surface area contributed by atoms with E-state index < -0.39 is 23.4 Å². The van der Waals surface area contributed by atoms with Gasteiger partial charge in [0.05, 0.1) is 24.2 Å². The van der Waals surface area contributed by atoms with Gasteiger partial charge in [0.1, 0.15) is 23.5 Å². The minimum absolute atomic E-state index is 0.00308. The summed E-state index contributed by atoms with van der Waals surface area (Å²) in [6.07, 6.45) is -5.35. The molecule has 1 saturated heterocycles. The zero-order valence-corrected chi connectivity index (χ0v) is 16.8. The summed E-state index contributed by atoms with van der Waals surface area (Å²) in [7, 11) is 0. The first-order valence-corrected chi connectivity index (χ1v) is 9.33. The van der Waals surface area contributed by atoms with E-state index in [-0.39, 0.29) is 36.1 Å². The van der Waals surface area contributed by atoms with E-state index in [2.05, 4.69) is 0 Å². The largest absolute Gasteiger partial charge is 0.485 e. The van der Waals surface area contributed by atoms with Crippen molar-refractivity contribution in [3.63, 3.8) is 0 Å². The standard InChI is InChI=1S/C22H21F3N2O3/c1-21(2,3)30-20(28)27-12-16(13-27)29-19-10-14(8-9-15(19)11-26)17-6-4-5-7-18(17)22(23,24)25/h4-10,16H,12-13H2,1-3H3. The summed E-state index contributed by atoms with van der Waals surface area (Å²) in [5.41, 5.74) is -0.875. The normalized spacial score (nSPS) is 14.6. The van der Waals surface area contributed by atoms with E-state index in [0.717, 1.165) is 6.07 Å². The molecule has 1 amide bonds. The predicted molar refractivity (Wildman–Crippen MR) is 104 cm³/mol. The maximum Gasteiger partial charge on any atom is 0.417 e. The Kier molecular flexibility index (Phi) is 5.66. The monoisotopic (exact) mass is 418 g/mol. The zero-order valence-electron chi connectivity index (χ0n) is 16.8. The Hall–Kier alpha value is -3.21. The molecule has 2 aromatic carbocycles. The molecule has 0 bridgehead atoms.